The Kier molecular flexibility index (Phi) is 4.04. The maximum atomic E-state index is 13.2. The van der Waals surface area contributed by atoms with Gasteiger partial charge in [0.25, 0.3) is 0 Å². The molecule has 0 aromatic heterocycles. The lowest BCUT2D eigenvalue weighted by Crippen LogP contribution is -1.89. The zero-order chi connectivity index (χ0) is 13.1. The Labute approximate surface area is 113 Å². The second kappa shape index (κ2) is 5.55. The summed E-state index contributed by atoms with van der Waals surface area (Å²) in [6.07, 6.45) is 0. The zero-order valence-electron chi connectivity index (χ0n) is 9.09. The Hall–Kier alpha value is -1.32. The fraction of sp³-hybridized carbons (Fsp3) is 0.0769. The van der Waals surface area contributed by atoms with Crippen LogP contribution < -0.4 is 4.74 Å². The van der Waals surface area contributed by atoms with Gasteiger partial charge in [0.05, 0.1) is 5.02 Å². The lowest BCUT2D eigenvalue weighted by molar-refractivity contribution is 0.471. The molecular weight excluding hydrogens is 281 g/mol. The van der Waals surface area contributed by atoms with Gasteiger partial charge in [-0.2, -0.15) is 0 Å². The number of alkyl halides is 1. The van der Waals surface area contributed by atoms with Crippen molar-refractivity contribution in [3.63, 3.8) is 0 Å². The largest absolute Gasteiger partial charge is 0.457 e. The van der Waals surface area contributed by atoms with Crippen LogP contribution in [0, 0.1) is 11.6 Å². The predicted molar refractivity (Wildman–Crippen MR) is 67.4 cm³/mol. The van der Waals surface area contributed by atoms with Gasteiger partial charge in [-0.1, -0.05) is 11.6 Å². The molecule has 0 spiro atoms. The first-order chi connectivity index (χ1) is 8.58. The minimum atomic E-state index is -0.594. The third kappa shape index (κ3) is 3.12. The van der Waals surface area contributed by atoms with E-state index in [1.54, 1.807) is 6.07 Å². The van der Waals surface area contributed by atoms with E-state index in [0.717, 1.165) is 6.07 Å². The number of hydrogen-bond donors (Lipinski definition) is 0. The van der Waals surface area contributed by atoms with Gasteiger partial charge >= 0.3 is 0 Å². The van der Waals surface area contributed by atoms with Gasteiger partial charge in [0.1, 0.15) is 23.1 Å². The summed E-state index contributed by atoms with van der Waals surface area (Å²) in [6, 6.07) is 8.09. The highest BCUT2D eigenvalue weighted by molar-refractivity contribution is 6.30. The second-order valence-corrected chi connectivity index (χ2v) is 4.28. The Morgan fingerprint density at radius 2 is 1.78 bits per heavy atom. The van der Waals surface area contributed by atoms with Crippen molar-refractivity contribution >= 4 is 23.2 Å². The summed E-state index contributed by atoms with van der Waals surface area (Å²) < 4.78 is 31.8. The van der Waals surface area contributed by atoms with E-state index in [9.17, 15) is 8.78 Å². The van der Waals surface area contributed by atoms with Crippen molar-refractivity contribution in [3.05, 3.63) is 58.6 Å². The van der Waals surface area contributed by atoms with E-state index in [1.807, 2.05) is 0 Å². The topological polar surface area (TPSA) is 9.23 Å². The molecule has 0 fully saturated rings. The summed E-state index contributed by atoms with van der Waals surface area (Å²) in [6.45, 7) is 0. The average Bonchev–Trinajstić information content (AvgIpc) is 2.33. The average molecular weight is 289 g/mol. The van der Waals surface area contributed by atoms with Crippen LogP contribution in [0.15, 0.2) is 36.4 Å². The Balaban J connectivity index is 2.27. The SMILES string of the molecule is Fc1cc(CCl)cc(Oc2ccc(Cl)c(F)c2)c1. The molecule has 2 rings (SSSR count). The first kappa shape index (κ1) is 13.1. The molecule has 2 aromatic carbocycles. The van der Waals surface area contributed by atoms with Crippen molar-refractivity contribution in [2.75, 3.05) is 0 Å². The second-order valence-electron chi connectivity index (χ2n) is 3.61. The third-order valence-corrected chi connectivity index (χ3v) is 2.83. The molecular formula is C13H8Cl2F2O. The summed E-state index contributed by atoms with van der Waals surface area (Å²) in [5.74, 6) is -0.389. The number of ether oxygens (including phenoxy) is 1. The zero-order valence-corrected chi connectivity index (χ0v) is 10.6. The van der Waals surface area contributed by atoms with Crippen molar-refractivity contribution in [1.29, 1.82) is 0 Å². The monoisotopic (exact) mass is 288 g/mol. The smallest absolute Gasteiger partial charge is 0.145 e. The van der Waals surface area contributed by atoms with Crippen molar-refractivity contribution in [2.45, 2.75) is 5.88 Å². The van der Waals surface area contributed by atoms with Crippen LogP contribution in [0.2, 0.25) is 5.02 Å². The summed E-state index contributed by atoms with van der Waals surface area (Å²) >= 11 is 11.2. The molecule has 0 bridgehead atoms. The van der Waals surface area contributed by atoms with Gasteiger partial charge in [0.15, 0.2) is 0 Å². The molecule has 1 nitrogen and oxygen atoms in total. The van der Waals surface area contributed by atoms with Gasteiger partial charge in [-0.25, -0.2) is 8.78 Å². The summed E-state index contributed by atoms with van der Waals surface area (Å²) in [7, 11) is 0. The fourth-order valence-corrected chi connectivity index (χ4v) is 1.71. The summed E-state index contributed by atoms with van der Waals surface area (Å²) in [4.78, 5) is 0. The van der Waals surface area contributed by atoms with Crippen molar-refractivity contribution < 1.29 is 13.5 Å². The minimum Gasteiger partial charge on any atom is -0.457 e. The maximum Gasteiger partial charge on any atom is 0.145 e. The van der Waals surface area contributed by atoms with E-state index in [1.165, 1.54) is 24.3 Å². The van der Waals surface area contributed by atoms with Gasteiger partial charge in [-0.15, -0.1) is 11.6 Å². The van der Waals surface area contributed by atoms with Crippen LogP contribution in [-0.4, -0.2) is 0 Å². The van der Waals surface area contributed by atoms with Crippen LogP contribution in [0.1, 0.15) is 5.56 Å². The lowest BCUT2D eigenvalue weighted by atomic mass is 10.2. The molecule has 0 unspecified atom stereocenters. The highest BCUT2D eigenvalue weighted by atomic mass is 35.5. The molecule has 0 aliphatic carbocycles. The molecule has 0 saturated carbocycles. The molecule has 94 valence electrons. The lowest BCUT2D eigenvalue weighted by Gasteiger charge is -2.07. The molecule has 0 atom stereocenters. The Morgan fingerprint density at radius 3 is 2.44 bits per heavy atom. The normalized spacial score (nSPS) is 10.4. The van der Waals surface area contributed by atoms with Gasteiger partial charge in [-0.05, 0) is 29.8 Å². The predicted octanol–water partition coefficient (Wildman–Crippen LogP) is 5.15. The van der Waals surface area contributed by atoms with E-state index in [-0.39, 0.29) is 22.4 Å². The molecule has 0 saturated heterocycles. The molecule has 0 aliphatic rings. The van der Waals surface area contributed by atoms with E-state index in [2.05, 4.69) is 0 Å². The molecule has 0 heterocycles. The van der Waals surface area contributed by atoms with Gasteiger partial charge < -0.3 is 4.74 Å². The molecule has 0 N–H and O–H groups in total. The van der Waals surface area contributed by atoms with Crippen LogP contribution in [0.4, 0.5) is 8.78 Å². The van der Waals surface area contributed by atoms with E-state index in [4.69, 9.17) is 27.9 Å². The molecule has 0 amide bonds. The molecule has 0 radical (unpaired) electrons. The van der Waals surface area contributed by atoms with E-state index in [0.29, 0.717) is 5.56 Å². The highest BCUT2D eigenvalue weighted by Gasteiger charge is 2.05. The van der Waals surface area contributed by atoms with Crippen molar-refractivity contribution in [3.8, 4) is 11.5 Å². The van der Waals surface area contributed by atoms with Gasteiger partial charge in [0, 0.05) is 18.0 Å². The summed E-state index contributed by atoms with van der Waals surface area (Å²) in [5, 5.41) is 0.00281. The van der Waals surface area contributed by atoms with Crippen LogP contribution in [0.3, 0.4) is 0 Å². The first-order valence-corrected chi connectivity index (χ1v) is 5.98. The Morgan fingerprint density at radius 1 is 1.00 bits per heavy atom. The number of rotatable bonds is 3. The summed E-state index contributed by atoms with van der Waals surface area (Å²) in [5.41, 5.74) is 0.584. The van der Waals surface area contributed by atoms with Crippen LogP contribution in [-0.2, 0) is 5.88 Å². The molecule has 5 heteroatoms. The van der Waals surface area contributed by atoms with E-state index >= 15 is 0 Å². The van der Waals surface area contributed by atoms with Crippen LogP contribution in [0.5, 0.6) is 11.5 Å². The fourth-order valence-electron chi connectivity index (χ4n) is 1.43. The highest BCUT2D eigenvalue weighted by Crippen LogP contribution is 2.27. The van der Waals surface area contributed by atoms with Crippen molar-refractivity contribution in [1.82, 2.24) is 0 Å². The molecule has 0 aliphatic heterocycles. The number of hydrogen-bond acceptors (Lipinski definition) is 1. The number of benzene rings is 2. The van der Waals surface area contributed by atoms with E-state index < -0.39 is 11.6 Å². The van der Waals surface area contributed by atoms with Crippen molar-refractivity contribution in [2.24, 2.45) is 0 Å². The Bertz CT molecular complexity index is 573. The minimum absolute atomic E-state index is 0.00281. The quantitative estimate of drug-likeness (QED) is 0.710. The molecule has 2 aromatic rings. The first-order valence-electron chi connectivity index (χ1n) is 5.07. The number of halogens is 4. The van der Waals surface area contributed by atoms with Gasteiger partial charge in [-0.3, -0.25) is 0 Å². The van der Waals surface area contributed by atoms with Gasteiger partial charge in [0.2, 0.25) is 0 Å². The standard InChI is InChI=1S/C13H8Cl2F2O/c14-7-8-3-9(16)5-11(4-8)18-10-1-2-12(15)13(17)6-10/h1-6H,7H2. The van der Waals surface area contributed by atoms with Crippen LogP contribution >= 0.6 is 23.2 Å². The maximum absolute atomic E-state index is 13.2. The van der Waals surface area contributed by atoms with Crippen LogP contribution in [0.25, 0.3) is 0 Å². The molecule has 18 heavy (non-hydrogen) atoms. The third-order valence-electron chi connectivity index (χ3n) is 2.21.